The molecule has 3 N–H and O–H groups in total. The molecule has 2 heterocycles. The first-order valence-electron chi connectivity index (χ1n) is 15.4. The highest BCUT2D eigenvalue weighted by Gasteiger charge is 2.24. The molecule has 46 heavy (non-hydrogen) atoms. The van der Waals surface area contributed by atoms with Crippen LogP contribution in [0.3, 0.4) is 0 Å². The van der Waals surface area contributed by atoms with Crippen LogP contribution in [-0.2, 0) is 11.8 Å². The standard InChI is InChI=1S/C35H40F2N6O3/c1-23-8-12-28(13-9-23)43-31(22-30(41-43)35(2,3)4)40-33(44)38-27-7-5-6-25(21-27)20-24-16-18-42(19-17-24)34(45)39-26-10-14-29(15-11-26)46-32(36)37/h5-15,21-22,24,32H,16-20H2,1-4H3,(H,39,45)(H2,38,40,44). The maximum atomic E-state index is 13.1. The summed E-state index contributed by atoms with van der Waals surface area (Å²) in [4.78, 5) is 27.6. The van der Waals surface area contributed by atoms with Gasteiger partial charge < -0.3 is 20.3 Å². The number of anilines is 3. The van der Waals surface area contributed by atoms with Crippen molar-refractivity contribution >= 4 is 29.3 Å². The zero-order valence-corrected chi connectivity index (χ0v) is 26.5. The second kappa shape index (κ2) is 14.0. The summed E-state index contributed by atoms with van der Waals surface area (Å²) in [5.74, 6) is 1.00. The summed E-state index contributed by atoms with van der Waals surface area (Å²) in [6.07, 6.45) is 2.50. The van der Waals surface area contributed by atoms with Gasteiger partial charge in [-0.1, -0.05) is 50.6 Å². The number of amides is 4. The number of carbonyl (C=O) groups is 2. The molecular formula is C35H40F2N6O3. The lowest BCUT2D eigenvalue weighted by Crippen LogP contribution is -2.41. The highest BCUT2D eigenvalue weighted by Crippen LogP contribution is 2.28. The molecule has 11 heteroatoms. The minimum atomic E-state index is -2.90. The summed E-state index contributed by atoms with van der Waals surface area (Å²) in [6, 6.07) is 23.0. The Balaban J connectivity index is 1.14. The van der Waals surface area contributed by atoms with Gasteiger partial charge in [-0.05, 0) is 86.2 Å². The number of alkyl halides is 2. The van der Waals surface area contributed by atoms with E-state index in [1.165, 1.54) is 24.3 Å². The van der Waals surface area contributed by atoms with Crippen LogP contribution in [0, 0.1) is 12.8 Å². The quantitative estimate of drug-likeness (QED) is 0.183. The van der Waals surface area contributed by atoms with E-state index in [-0.39, 0.29) is 23.2 Å². The van der Waals surface area contributed by atoms with Crippen molar-refractivity contribution in [1.29, 1.82) is 0 Å². The molecule has 5 rings (SSSR count). The van der Waals surface area contributed by atoms with Crippen LogP contribution in [0.15, 0.2) is 78.9 Å². The molecule has 9 nitrogen and oxygen atoms in total. The molecule has 242 valence electrons. The fourth-order valence-corrected chi connectivity index (χ4v) is 5.37. The monoisotopic (exact) mass is 630 g/mol. The average Bonchev–Trinajstić information content (AvgIpc) is 3.43. The van der Waals surface area contributed by atoms with Crippen molar-refractivity contribution in [3.05, 3.63) is 95.7 Å². The lowest BCUT2D eigenvalue weighted by Gasteiger charge is -2.32. The number of hydrogen-bond donors (Lipinski definition) is 3. The number of carbonyl (C=O) groups excluding carboxylic acids is 2. The van der Waals surface area contributed by atoms with E-state index in [0.29, 0.717) is 36.2 Å². The van der Waals surface area contributed by atoms with Gasteiger partial charge in [0.25, 0.3) is 0 Å². The molecule has 1 aromatic heterocycles. The van der Waals surface area contributed by atoms with E-state index in [1.807, 2.05) is 61.5 Å². The number of aryl methyl sites for hydroxylation is 1. The van der Waals surface area contributed by atoms with Crippen LogP contribution < -0.4 is 20.7 Å². The Hall–Kier alpha value is -4.93. The van der Waals surface area contributed by atoms with Crippen LogP contribution in [0.4, 0.5) is 35.6 Å². The van der Waals surface area contributed by atoms with Crippen molar-refractivity contribution in [2.75, 3.05) is 29.0 Å². The third-order valence-corrected chi connectivity index (χ3v) is 7.94. The zero-order chi connectivity index (χ0) is 32.8. The maximum absolute atomic E-state index is 13.1. The minimum absolute atomic E-state index is 0.0361. The molecular weight excluding hydrogens is 590 g/mol. The molecule has 4 amide bonds. The van der Waals surface area contributed by atoms with Crippen LogP contribution >= 0.6 is 0 Å². The molecule has 0 radical (unpaired) electrons. The van der Waals surface area contributed by atoms with E-state index in [0.717, 1.165) is 41.8 Å². The number of halogens is 2. The Bertz CT molecular complexity index is 1640. The fraction of sp³-hybridized carbons (Fsp3) is 0.343. The highest BCUT2D eigenvalue weighted by atomic mass is 19.3. The number of ether oxygens (including phenoxy) is 1. The van der Waals surface area contributed by atoms with Gasteiger partial charge in [-0.25, -0.2) is 14.3 Å². The zero-order valence-electron chi connectivity index (χ0n) is 26.5. The van der Waals surface area contributed by atoms with E-state index >= 15 is 0 Å². The average molecular weight is 631 g/mol. The van der Waals surface area contributed by atoms with Gasteiger partial charge in [0, 0.05) is 35.9 Å². The first kappa shape index (κ1) is 32.5. The smallest absolute Gasteiger partial charge is 0.387 e. The summed E-state index contributed by atoms with van der Waals surface area (Å²) in [5, 5.41) is 13.5. The van der Waals surface area contributed by atoms with Crippen molar-refractivity contribution in [2.24, 2.45) is 5.92 Å². The largest absolute Gasteiger partial charge is 0.435 e. The molecule has 4 aromatic rings. The van der Waals surface area contributed by atoms with E-state index in [2.05, 4.69) is 41.5 Å². The van der Waals surface area contributed by atoms with Crippen LogP contribution in [0.1, 0.15) is 50.4 Å². The summed E-state index contributed by atoms with van der Waals surface area (Å²) in [5.41, 5.74) is 4.97. The third-order valence-electron chi connectivity index (χ3n) is 7.94. The Labute approximate surface area is 267 Å². The van der Waals surface area contributed by atoms with Gasteiger partial charge >= 0.3 is 18.7 Å². The SMILES string of the molecule is Cc1ccc(-n2nc(C(C)(C)C)cc2NC(=O)Nc2cccc(CC3CCN(C(=O)Nc4ccc(OC(F)F)cc4)CC3)c2)cc1. The van der Waals surface area contributed by atoms with E-state index in [1.54, 1.807) is 9.58 Å². The molecule has 0 saturated carbocycles. The van der Waals surface area contributed by atoms with E-state index in [4.69, 9.17) is 5.10 Å². The third kappa shape index (κ3) is 8.62. The van der Waals surface area contributed by atoms with E-state index in [9.17, 15) is 18.4 Å². The van der Waals surface area contributed by atoms with Crippen LogP contribution in [-0.4, -0.2) is 46.4 Å². The number of nitrogens with zero attached hydrogens (tertiary/aromatic N) is 3. The predicted octanol–water partition coefficient (Wildman–Crippen LogP) is 8.21. The lowest BCUT2D eigenvalue weighted by atomic mass is 9.90. The lowest BCUT2D eigenvalue weighted by molar-refractivity contribution is -0.0498. The fourth-order valence-electron chi connectivity index (χ4n) is 5.37. The Kier molecular flexibility index (Phi) is 9.89. The topological polar surface area (TPSA) is 101 Å². The van der Waals surface area contributed by atoms with Crippen molar-refractivity contribution in [3.63, 3.8) is 0 Å². The highest BCUT2D eigenvalue weighted by molar-refractivity contribution is 5.99. The van der Waals surface area contributed by atoms with Crippen LogP contribution in [0.5, 0.6) is 5.75 Å². The predicted molar refractivity (Wildman–Crippen MR) is 176 cm³/mol. The maximum Gasteiger partial charge on any atom is 0.387 e. The Morgan fingerprint density at radius 1 is 0.913 bits per heavy atom. The Morgan fingerprint density at radius 3 is 2.26 bits per heavy atom. The summed E-state index contributed by atoms with van der Waals surface area (Å²) >= 11 is 0. The number of nitrogens with one attached hydrogen (secondary N) is 3. The minimum Gasteiger partial charge on any atom is -0.435 e. The Morgan fingerprint density at radius 2 is 1.61 bits per heavy atom. The number of benzene rings is 3. The van der Waals surface area contributed by atoms with Crippen LogP contribution in [0.2, 0.25) is 0 Å². The van der Waals surface area contributed by atoms with Gasteiger partial charge in [-0.2, -0.15) is 13.9 Å². The number of piperidine rings is 1. The van der Waals surface area contributed by atoms with Crippen LogP contribution in [0.25, 0.3) is 5.69 Å². The van der Waals surface area contributed by atoms with Crippen molar-refractivity contribution in [1.82, 2.24) is 14.7 Å². The second-order valence-electron chi connectivity index (χ2n) is 12.7. The van der Waals surface area contributed by atoms with Gasteiger partial charge in [0.2, 0.25) is 0 Å². The second-order valence-corrected chi connectivity index (χ2v) is 12.7. The van der Waals surface area contributed by atoms with Gasteiger partial charge in [0.15, 0.2) is 0 Å². The van der Waals surface area contributed by atoms with Gasteiger partial charge in [-0.15, -0.1) is 0 Å². The molecule has 1 fully saturated rings. The number of hydrogen-bond acceptors (Lipinski definition) is 4. The molecule has 1 aliphatic rings. The van der Waals surface area contributed by atoms with Gasteiger partial charge in [0.1, 0.15) is 11.6 Å². The molecule has 0 aliphatic carbocycles. The molecule has 3 aromatic carbocycles. The summed E-state index contributed by atoms with van der Waals surface area (Å²) in [7, 11) is 0. The summed E-state index contributed by atoms with van der Waals surface area (Å²) in [6.45, 7) is 6.60. The number of aromatic nitrogens is 2. The first-order valence-corrected chi connectivity index (χ1v) is 15.4. The van der Waals surface area contributed by atoms with Crippen molar-refractivity contribution in [3.8, 4) is 11.4 Å². The molecule has 1 saturated heterocycles. The first-order chi connectivity index (χ1) is 21.9. The molecule has 0 spiro atoms. The normalized spacial score (nSPS) is 13.8. The molecule has 0 unspecified atom stereocenters. The molecule has 1 aliphatic heterocycles. The molecule has 0 atom stereocenters. The van der Waals surface area contributed by atoms with E-state index < -0.39 is 6.61 Å². The van der Waals surface area contributed by atoms with Crippen molar-refractivity contribution < 1.29 is 23.1 Å². The summed E-state index contributed by atoms with van der Waals surface area (Å²) < 4.78 is 30.8. The molecule has 0 bridgehead atoms. The van der Waals surface area contributed by atoms with Gasteiger partial charge in [-0.3, -0.25) is 5.32 Å². The van der Waals surface area contributed by atoms with Gasteiger partial charge in [0.05, 0.1) is 11.4 Å². The van der Waals surface area contributed by atoms with Crippen molar-refractivity contribution in [2.45, 2.75) is 59.0 Å². The number of urea groups is 2. The number of likely N-dealkylation sites (tertiary alicyclic amines) is 1. The number of rotatable bonds is 8.